The summed E-state index contributed by atoms with van der Waals surface area (Å²) in [6, 6.07) is 2.97. The number of rotatable bonds is 1. The highest BCUT2D eigenvalue weighted by Gasteiger charge is 2.26. The van der Waals surface area contributed by atoms with Crippen molar-refractivity contribution in [2.24, 2.45) is 11.7 Å². The number of amides is 1. The lowest BCUT2D eigenvalue weighted by atomic mass is 9.94. The third-order valence-corrected chi connectivity index (χ3v) is 3.33. The molecule has 2 heterocycles. The van der Waals surface area contributed by atoms with Crippen molar-refractivity contribution >= 4 is 5.91 Å². The second-order valence-corrected chi connectivity index (χ2v) is 4.62. The van der Waals surface area contributed by atoms with Crippen LogP contribution >= 0.6 is 0 Å². The van der Waals surface area contributed by atoms with Gasteiger partial charge < -0.3 is 15.6 Å². The van der Waals surface area contributed by atoms with Gasteiger partial charge in [0.2, 0.25) is 5.56 Å². The normalized spacial score (nSPS) is 24.7. The molecule has 17 heavy (non-hydrogen) atoms. The molecule has 1 saturated heterocycles. The Bertz CT molecular complexity index is 469. The Kier molecular flexibility index (Phi) is 3.28. The quantitative estimate of drug-likeness (QED) is 0.729. The summed E-state index contributed by atoms with van der Waals surface area (Å²) >= 11 is 0. The summed E-state index contributed by atoms with van der Waals surface area (Å²) in [5, 5.41) is 0. The van der Waals surface area contributed by atoms with Gasteiger partial charge in [-0.25, -0.2) is 0 Å². The molecule has 92 valence electrons. The van der Waals surface area contributed by atoms with Gasteiger partial charge in [0.15, 0.2) is 0 Å². The highest BCUT2D eigenvalue weighted by atomic mass is 16.2. The van der Waals surface area contributed by atoms with E-state index in [2.05, 4.69) is 11.9 Å². The molecule has 0 aromatic carbocycles. The molecule has 1 aliphatic rings. The Hall–Kier alpha value is -1.62. The molecule has 0 spiro atoms. The SMILES string of the molecule is CC1CCN(C(=O)c2cc[nH]c(=O)c2)CC1N. The van der Waals surface area contributed by atoms with Crippen LogP contribution < -0.4 is 11.3 Å². The van der Waals surface area contributed by atoms with Crippen LogP contribution in [0.1, 0.15) is 23.7 Å². The van der Waals surface area contributed by atoms with Gasteiger partial charge in [0.25, 0.3) is 5.91 Å². The first-order chi connectivity index (χ1) is 8.08. The van der Waals surface area contributed by atoms with Crippen molar-refractivity contribution in [2.45, 2.75) is 19.4 Å². The number of nitrogens with two attached hydrogens (primary N) is 1. The van der Waals surface area contributed by atoms with E-state index in [0.29, 0.717) is 24.6 Å². The predicted octanol–water partition coefficient (Wildman–Crippen LogP) is 0.184. The number of pyridine rings is 1. The maximum atomic E-state index is 12.1. The first-order valence-electron chi connectivity index (χ1n) is 5.81. The Morgan fingerprint density at radius 2 is 2.35 bits per heavy atom. The molecule has 5 nitrogen and oxygen atoms in total. The predicted molar refractivity (Wildman–Crippen MR) is 64.7 cm³/mol. The summed E-state index contributed by atoms with van der Waals surface area (Å²) in [5.41, 5.74) is 6.12. The zero-order chi connectivity index (χ0) is 12.4. The van der Waals surface area contributed by atoms with E-state index in [9.17, 15) is 9.59 Å². The highest BCUT2D eigenvalue weighted by molar-refractivity contribution is 5.94. The van der Waals surface area contributed by atoms with E-state index in [-0.39, 0.29) is 17.5 Å². The van der Waals surface area contributed by atoms with Crippen LogP contribution in [0.5, 0.6) is 0 Å². The standard InChI is InChI=1S/C12H17N3O2/c1-8-3-5-15(7-10(8)13)12(17)9-2-4-14-11(16)6-9/h2,4,6,8,10H,3,5,7,13H2,1H3,(H,14,16). The van der Waals surface area contributed by atoms with E-state index in [4.69, 9.17) is 5.73 Å². The topological polar surface area (TPSA) is 79.2 Å². The first-order valence-corrected chi connectivity index (χ1v) is 5.81. The lowest BCUT2D eigenvalue weighted by molar-refractivity contribution is 0.0672. The van der Waals surface area contributed by atoms with Gasteiger partial charge >= 0.3 is 0 Å². The minimum atomic E-state index is -0.259. The molecular weight excluding hydrogens is 218 g/mol. The van der Waals surface area contributed by atoms with Crippen LogP contribution in [0.15, 0.2) is 23.1 Å². The molecule has 2 unspecified atom stereocenters. The van der Waals surface area contributed by atoms with Crippen LogP contribution in [-0.4, -0.2) is 34.9 Å². The number of hydrogen-bond donors (Lipinski definition) is 2. The van der Waals surface area contributed by atoms with Crippen LogP contribution in [0.25, 0.3) is 0 Å². The average Bonchev–Trinajstić information content (AvgIpc) is 2.32. The Balaban J connectivity index is 2.13. The number of carbonyl (C=O) groups excluding carboxylic acids is 1. The van der Waals surface area contributed by atoms with Gasteiger partial charge in [0.1, 0.15) is 0 Å². The number of nitrogens with zero attached hydrogens (tertiary/aromatic N) is 1. The number of carbonyl (C=O) groups is 1. The van der Waals surface area contributed by atoms with Gasteiger partial charge in [-0.1, -0.05) is 6.92 Å². The van der Waals surface area contributed by atoms with E-state index in [1.165, 1.54) is 12.3 Å². The smallest absolute Gasteiger partial charge is 0.254 e. The highest BCUT2D eigenvalue weighted by Crippen LogP contribution is 2.17. The molecule has 1 aromatic rings. The fourth-order valence-corrected chi connectivity index (χ4v) is 2.04. The van der Waals surface area contributed by atoms with Crippen molar-refractivity contribution < 1.29 is 4.79 Å². The maximum absolute atomic E-state index is 12.1. The van der Waals surface area contributed by atoms with Crippen LogP contribution in [-0.2, 0) is 0 Å². The molecule has 1 aliphatic heterocycles. The van der Waals surface area contributed by atoms with Crippen molar-refractivity contribution in [3.8, 4) is 0 Å². The van der Waals surface area contributed by atoms with Gasteiger partial charge in [-0.15, -0.1) is 0 Å². The minimum absolute atomic E-state index is 0.0229. The second-order valence-electron chi connectivity index (χ2n) is 4.62. The summed E-state index contributed by atoms with van der Waals surface area (Å²) in [4.78, 5) is 27.5. The van der Waals surface area contributed by atoms with Gasteiger partial charge in [0.05, 0.1) is 0 Å². The van der Waals surface area contributed by atoms with E-state index >= 15 is 0 Å². The zero-order valence-electron chi connectivity index (χ0n) is 9.85. The molecule has 1 aromatic heterocycles. The van der Waals surface area contributed by atoms with E-state index in [0.717, 1.165) is 6.42 Å². The molecule has 1 fully saturated rings. The summed E-state index contributed by atoms with van der Waals surface area (Å²) < 4.78 is 0. The van der Waals surface area contributed by atoms with Crippen molar-refractivity contribution in [1.82, 2.24) is 9.88 Å². The van der Waals surface area contributed by atoms with E-state index < -0.39 is 0 Å². The van der Waals surface area contributed by atoms with Crippen molar-refractivity contribution in [3.05, 3.63) is 34.2 Å². The van der Waals surface area contributed by atoms with Crippen molar-refractivity contribution in [1.29, 1.82) is 0 Å². The number of aromatic amines is 1. The lowest BCUT2D eigenvalue weighted by Crippen LogP contribution is -2.49. The Morgan fingerprint density at radius 1 is 1.59 bits per heavy atom. The summed E-state index contributed by atoms with van der Waals surface area (Å²) in [6.45, 7) is 3.37. The van der Waals surface area contributed by atoms with Crippen molar-refractivity contribution in [3.63, 3.8) is 0 Å². The van der Waals surface area contributed by atoms with Crippen LogP contribution in [0.3, 0.4) is 0 Å². The molecule has 2 rings (SSSR count). The van der Waals surface area contributed by atoms with Crippen molar-refractivity contribution in [2.75, 3.05) is 13.1 Å². The molecule has 3 N–H and O–H groups in total. The van der Waals surface area contributed by atoms with Crippen LogP contribution in [0.2, 0.25) is 0 Å². The lowest BCUT2D eigenvalue weighted by Gasteiger charge is -2.35. The molecule has 0 radical (unpaired) electrons. The minimum Gasteiger partial charge on any atom is -0.337 e. The third kappa shape index (κ3) is 2.55. The number of nitrogens with one attached hydrogen (secondary N) is 1. The summed E-state index contributed by atoms with van der Waals surface area (Å²) in [5.74, 6) is 0.330. The van der Waals surface area contributed by atoms with Gasteiger partial charge in [-0.2, -0.15) is 0 Å². The number of likely N-dealkylation sites (tertiary alicyclic amines) is 1. The maximum Gasteiger partial charge on any atom is 0.254 e. The fourth-order valence-electron chi connectivity index (χ4n) is 2.04. The number of H-pyrrole nitrogens is 1. The monoisotopic (exact) mass is 235 g/mol. The summed E-state index contributed by atoms with van der Waals surface area (Å²) in [7, 11) is 0. The molecule has 0 saturated carbocycles. The van der Waals surface area contributed by atoms with E-state index in [1.807, 2.05) is 0 Å². The van der Waals surface area contributed by atoms with Gasteiger partial charge in [0, 0.05) is 37.0 Å². The number of piperidine rings is 1. The molecule has 0 aliphatic carbocycles. The third-order valence-electron chi connectivity index (χ3n) is 3.33. The summed E-state index contributed by atoms with van der Waals surface area (Å²) in [6.07, 6.45) is 2.40. The van der Waals surface area contributed by atoms with Gasteiger partial charge in [-0.05, 0) is 18.4 Å². The van der Waals surface area contributed by atoms with Crippen LogP contribution in [0.4, 0.5) is 0 Å². The Labute approximate surface area is 99.6 Å². The molecule has 2 atom stereocenters. The first kappa shape index (κ1) is 11.9. The largest absolute Gasteiger partial charge is 0.337 e. The molecule has 1 amide bonds. The number of hydrogen-bond acceptors (Lipinski definition) is 3. The fraction of sp³-hybridized carbons (Fsp3) is 0.500. The van der Waals surface area contributed by atoms with E-state index in [1.54, 1.807) is 11.0 Å². The van der Waals surface area contributed by atoms with Gasteiger partial charge in [-0.3, -0.25) is 9.59 Å². The molecule has 0 bridgehead atoms. The Morgan fingerprint density at radius 3 is 3.00 bits per heavy atom. The molecular formula is C12H17N3O2. The molecule has 5 heteroatoms. The van der Waals surface area contributed by atoms with Crippen LogP contribution in [0, 0.1) is 5.92 Å². The zero-order valence-corrected chi connectivity index (χ0v) is 9.85. The number of aromatic nitrogens is 1. The second kappa shape index (κ2) is 4.71. The average molecular weight is 235 g/mol.